The van der Waals surface area contributed by atoms with E-state index in [1.165, 1.54) is 18.2 Å². The summed E-state index contributed by atoms with van der Waals surface area (Å²) < 4.78 is 18.5. The Hall–Kier alpha value is -0.940. The maximum absolute atomic E-state index is 12.9. The molecule has 0 bridgehead atoms. The van der Waals surface area contributed by atoms with Crippen molar-refractivity contribution in [3.63, 3.8) is 0 Å². The molecule has 0 heterocycles. The quantitative estimate of drug-likeness (QED) is 0.931. The van der Waals surface area contributed by atoms with Crippen molar-refractivity contribution in [2.45, 2.75) is 25.0 Å². The van der Waals surface area contributed by atoms with Crippen LogP contribution in [0.1, 0.15) is 23.2 Å². The molecule has 0 saturated heterocycles. The molecule has 17 heavy (non-hydrogen) atoms. The van der Waals surface area contributed by atoms with Gasteiger partial charge < -0.3 is 10.1 Å². The van der Waals surface area contributed by atoms with E-state index in [4.69, 9.17) is 4.74 Å². The van der Waals surface area contributed by atoms with Crippen molar-refractivity contribution in [1.82, 2.24) is 5.32 Å². The number of hydrogen-bond acceptors (Lipinski definition) is 2. The number of carbonyl (C=O) groups excluding carboxylic acids is 1. The topological polar surface area (TPSA) is 38.3 Å². The fraction of sp³-hybridized carbons (Fsp3) is 0.417. The van der Waals surface area contributed by atoms with Gasteiger partial charge in [0.25, 0.3) is 5.91 Å². The summed E-state index contributed by atoms with van der Waals surface area (Å²) in [6.07, 6.45) is 1.92. The van der Waals surface area contributed by atoms with Crippen molar-refractivity contribution < 1.29 is 13.9 Å². The Bertz CT molecular complexity index is 433. The molecule has 1 aliphatic rings. The summed E-state index contributed by atoms with van der Waals surface area (Å²) in [5.41, 5.74) is 0.451. The van der Waals surface area contributed by atoms with Gasteiger partial charge in [-0.1, -0.05) is 0 Å². The number of carbonyl (C=O) groups is 1. The van der Waals surface area contributed by atoms with E-state index in [0.717, 1.165) is 12.8 Å². The first kappa shape index (κ1) is 12.5. The zero-order chi connectivity index (χ0) is 12.4. The van der Waals surface area contributed by atoms with Crippen LogP contribution in [-0.2, 0) is 4.74 Å². The molecule has 0 aromatic heterocycles. The molecular formula is C12H13BrFNO2. The van der Waals surface area contributed by atoms with Gasteiger partial charge in [0, 0.05) is 17.6 Å². The summed E-state index contributed by atoms with van der Waals surface area (Å²) in [5.74, 6) is -0.548. The second-order valence-corrected chi connectivity index (χ2v) is 4.98. The summed E-state index contributed by atoms with van der Waals surface area (Å²) >= 11 is 3.18. The summed E-state index contributed by atoms with van der Waals surface area (Å²) in [7, 11) is 1.67. The van der Waals surface area contributed by atoms with Crippen LogP contribution in [0.25, 0.3) is 0 Å². The Morgan fingerprint density at radius 1 is 1.53 bits per heavy atom. The Morgan fingerprint density at radius 3 is 2.82 bits per heavy atom. The lowest BCUT2D eigenvalue weighted by Crippen LogP contribution is -2.47. The number of benzene rings is 1. The predicted octanol–water partition coefficient (Wildman–Crippen LogP) is 2.50. The van der Waals surface area contributed by atoms with Crippen LogP contribution in [0.4, 0.5) is 4.39 Å². The van der Waals surface area contributed by atoms with Crippen LogP contribution in [0.3, 0.4) is 0 Å². The van der Waals surface area contributed by atoms with E-state index in [1.54, 1.807) is 7.11 Å². The fourth-order valence-corrected chi connectivity index (χ4v) is 2.34. The zero-order valence-corrected chi connectivity index (χ0v) is 11.0. The van der Waals surface area contributed by atoms with Gasteiger partial charge in [-0.05, 0) is 47.0 Å². The van der Waals surface area contributed by atoms with Crippen molar-refractivity contribution in [3.8, 4) is 0 Å². The summed E-state index contributed by atoms with van der Waals surface area (Å²) in [6.45, 7) is 0. The maximum Gasteiger partial charge on any atom is 0.252 e. The molecule has 5 heteroatoms. The molecule has 1 aromatic rings. The van der Waals surface area contributed by atoms with Crippen LogP contribution in [0.5, 0.6) is 0 Å². The largest absolute Gasteiger partial charge is 0.381 e. The van der Waals surface area contributed by atoms with E-state index in [-0.39, 0.29) is 23.9 Å². The molecular weight excluding hydrogens is 289 g/mol. The molecule has 0 spiro atoms. The lowest BCUT2D eigenvalue weighted by molar-refractivity contribution is 0.0176. The van der Waals surface area contributed by atoms with Gasteiger partial charge in [0.1, 0.15) is 5.82 Å². The fourth-order valence-electron chi connectivity index (χ4n) is 1.81. The number of methoxy groups -OCH3 is 1. The summed E-state index contributed by atoms with van der Waals surface area (Å²) in [6, 6.07) is 4.19. The zero-order valence-electron chi connectivity index (χ0n) is 9.37. The molecule has 1 aliphatic carbocycles. The molecule has 1 aromatic carbocycles. The molecule has 0 aliphatic heterocycles. The van der Waals surface area contributed by atoms with Gasteiger partial charge in [0.15, 0.2) is 0 Å². The molecule has 0 radical (unpaired) electrons. The number of nitrogens with one attached hydrogen (secondary N) is 1. The third kappa shape index (κ3) is 2.84. The Labute approximate surface area is 107 Å². The van der Waals surface area contributed by atoms with E-state index in [1.807, 2.05) is 0 Å². The first-order valence-corrected chi connectivity index (χ1v) is 6.18. The van der Waals surface area contributed by atoms with Crippen LogP contribution in [0.15, 0.2) is 22.7 Å². The molecule has 1 fully saturated rings. The highest BCUT2D eigenvalue weighted by atomic mass is 79.9. The van der Waals surface area contributed by atoms with E-state index in [9.17, 15) is 9.18 Å². The van der Waals surface area contributed by atoms with Gasteiger partial charge in [-0.15, -0.1) is 0 Å². The third-order valence-corrected chi connectivity index (χ3v) is 3.60. The van der Waals surface area contributed by atoms with E-state index >= 15 is 0 Å². The van der Waals surface area contributed by atoms with Gasteiger partial charge in [-0.25, -0.2) is 4.39 Å². The maximum atomic E-state index is 12.9. The highest BCUT2D eigenvalue weighted by Crippen LogP contribution is 2.24. The van der Waals surface area contributed by atoms with E-state index in [2.05, 4.69) is 21.2 Å². The minimum Gasteiger partial charge on any atom is -0.381 e. The minimum atomic E-state index is -0.364. The normalized spacial score (nSPS) is 23.0. The van der Waals surface area contributed by atoms with Crippen LogP contribution in [-0.4, -0.2) is 25.2 Å². The second-order valence-electron chi connectivity index (χ2n) is 4.12. The van der Waals surface area contributed by atoms with Crippen molar-refractivity contribution in [2.75, 3.05) is 7.11 Å². The van der Waals surface area contributed by atoms with E-state index < -0.39 is 0 Å². The van der Waals surface area contributed by atoms with Gasteiger partial charge in [0.2, 0.25) is 0 Å². The highest BCUT2D eigenvalue weighted by molar-refractivity contribution is 9.10. The van der Waals surface area contributed by atoms with E-state index in [0.29, 0.717) is 10.0 Å². The summed E-state index contributed by atoms with van der Waals surface area (Å²) in [4.78, 5) is 11.9. The molecule has 0 atom stereocenters. The molecule has 0 unspecified atom stereocenters. The Balaban J connectivity index is 1.96. The molecule has 1 N–H and O–H groups in total. The number of amides is 1. The average Bonchev–Trinajstić information content (AvgIpc) is 2.22. The molecule has 1 amide bonds. The van der Waals surface area contributed by atoms with Crippen molar-refractivity contribution in [3.05, 3.63) is 34.1 Å². The lowest BCUT2D eigenvalue weighted by Gasteiger charge is -2.34. The van der Waals surface area contributed by atoms with Crippen LogP contribution in [0, 0.1) is 5.82 Å². The molecule has 3 nitrogen and oxygen atoms in total. The summed E-state index contributed by atoms with van der Waals surface area (Å²) in [5, 5.41) is 2.89. The van der Waals surface area contributed by atoms with Gasteiger partial charge in [-0.3, -0.25) is 4.79 Å². The van der Waals surface area contributed by atoms with Gasteiger partial charge >= 0.3 is 0 Å². The first-order valence-electron chi connectivity index (χ1n) is 5.39. The van der Waals surface area contributed by atoms with Crippen LogP contribution >= 0.6 is 15.9 Å². The first-order chi connectivity index (χ1) is 8.10. The van der Waals surface area contributed by atoms with Crippen molar-refractivity contribution >= 4 is 21.8 Å². The highest BCUT2D eigenvalue weighted by Gasteiger charge is 2.30. The van der Waals surface area contributed by atoms with Gasteiger partial charge in [-0.2, -0.15) is 0 Å². The molecule has 1 saturated carbocycles. The standard InChI is InChI=1S/C12H13BrFNO2/c1-17-9-5-8(6-9)15-12(16)10-3-2-7(14)4-11(10)13/h2-4,8-9H,5-6H2,1H3,(H,15,16). The van der Waals surface area contributed by atoms with Crippen molar-refractivity contribution in [1.29, 1.82) is 0 Å². The number of halogens is 2. The van der Waals surface area contributed by atoms with Gasteiger partial charge in [0.05, 0.1) is 11.7 Å². The van der Waals surface area contributed by atoms with Crippen LogP contribution in [0.2, 0.25) is 0 Å². The second kappa shape index (κ2) is 5.14. The lowest BCUT2D eigenvalue weighted by atomic mass is 9.89. The predicted molar refractivity (Wildman–Crippen MR) is 65.4 cm³/mol. The molecule has 92 valence electrons. The number of rotatable bonds is 3. The number of hydrogen-bond donors (Lipinski definition) is 1. The van der Waals surface area contributed by atoms with Crippen molar-refractivity contribution in [2.24, 2.45) is 0 Å². The third-order valence-electron chi connectivity index (χ3n) is 2.94. The molecule has 2 rings (SSSR count). The SMILES string of the molecule is COC1CC(NC(=O)c2ccc(F)cc2Br)C1. The minimum absolute atomic E-state index is 0.157. The smallest absolute Gasteiger partial charge is 0.252 e. The Morgan fingerprint density at radius 2 is 2.24 bits per heavy atom. The monoisotopic (exact) mass is 301 g/mol. The average molecular weight is 302 g/mol. The Kier molecular flexibility index (Phi) is 3.79. The van der Waals surface area contributed by atoms with Crippen LogP contribution < -0.4 is 5.32 Å². The number of ether oxygens (including phenoxy) is 1.